The molecule has 1 aliphatic carbocycles. The predicted octanol–water partition coefficient (Wildman–Crippen LogP) is 1.28. The molecule has 1 fully saturated rings. The van der Waals surface area contributed by atoms with Crippen molar-refractivity contribution in [3.63, 3.8) is 0 Å². The highest BCUT2D eigenvalue weighted by Crippen LogP contribution is 2.26. The standard InChI is InChI=1S/C15H23N3O2/c1-3-18(12-5-6-12)15(19)10-20-14-7-4-11(2)17-13(14)8-9-16/h4,7,12H,3,5-6,8-10,16H2,1-2H3. The van der Waals surface area contributed by atoms with E-state index in [-0.39, 0.29) is 12.5 Å². The quantitative estimate of drug-likeness (QED) is 0.815. The van der Waals surface area contributed by atoms with Crippen molar-refractivity contribution in [1.29, 1.82) is 0 Å². The summed E-state index contributed by atoms with van der Waals surface area (Å²) in [5, 5.41) is 0. The normalized spacial score (nSPS) is 14.2. The average molecular weight is 277 g/mol. The third-order valence-electron chi connectivity index (χ3n) is 3.45. The maximum Gasteiger partial charge on any atom is 0.260 e. The smallest absolute Gasteiger partial charge is 0.260 e. The minimum Gasteiger partial charge on any atom is -0.482 e. The fraction of sp³-hybridized carbons (Fsp3) is 0.600. The summed E-state index contributed by atoms with van der Waals surface area (Å²) in [6.45, 7) is 5.27. The molecule has 0 atom stereocenters. The van der Waals surface area contributed by atoms with Crippen LogP contribution in [0.1, 0.15) is 31.2 Å². The molecule has 1 aromatic heterocycles. The molecule has 1 amide bonds. The van der Waals surface area contributed by atoms with Gasteiger partial charge in [0.15, 0.2) is 6.61 Å². The van der Waals surface area contributed by atoms with E-state index in [1.54, 1.807) is 0 Å². The van der Waals surface area contributed by atoms with Crippen LogP contribution in [-0.2, 0) is 11.2 Å². The summed E-state index contributed by atoms with van der Waals surface area (Å²) in [6, 6.07) is 4.18. The first kappa shape index (κ1) is 14.8. The van der Waals surface area contributed by atoms with Crippen LogP contribution in [0.3, 0.4) is 0 Å². The first-order valence-electron chi connectivity index (χ1n) is 7.24. The summed E-state index contributed by atoms with van der Waals surface area (Å²) in [4.78, 5) is 18.4. The van der Waals surface area contributed by atoms with Crippen molar-refractivity contribution >= 4 is 5.91 Å². The number of hydrogen-bond donors (Lipinski definition) is 1. The van der Waals surface area contributed by atoms with Gasteiger partial charge in [-0.25, -0.2) is 0 Å². The van der Waals surface area contributed by atoms with Gasteiger partial charge in [-0.15, -0.1) is 0 Å². The lowest BCUT2D eigenvalue weighted by atomic mass is 10.2. The van der Waals surface area contributed by atoms with E-state index in [1.807, 2.05) is 30.9 Å². The number of aromatic nitrogens is 1. The summed E-state index contributed by atoms with van der Waals surface area (Å²) in [5.74, 6) is 0.718. The van der Waals surface area contributed by atoms with Gasteiger partial charge in [0.25, 0.3) is 5.91 Å². The largest absolute Gasteiger partial charge is 0.482 e. The molecule has 110 valence electrons. The Balaban J connectivity index is 1.97. The van der Waals surface area contributed by atoms with E-state index in [9.17, 15) is 4.79 Å². The summed E-state index contributed by atoms with van der Waals surface area (Å²) >= 11 is 0. The van der Waals surface area contributed by atoms with Gasteiger partial charge in [-0.05, 0) is 45.4 Å². The zero-order chi connectivity index (χ0) is 14.5. The molecule has 1 aliphatic rings. The maximum atomic E-state index is 12.1. The number of hydrogen-bond acceptors (Lipinski definition) is 4. The van der Waals surface area contributed by atoms with Crippen LogP contribution < -0.4 is 10.5 Å². The van der Waals surface area contributed by atoms with Crippen molar-refractivity contribution in [2.75, 3.05) is 19.7 Å². The molecule has 1 aromatic rings. The summed E-state index contributed by atoms with van der Waals surface area (Å²) in [5.41, 5.74) is 7.34. The fourth-order valence-corrected chi connectivity index (χ4v) is 2.29. The predicted molar refractivity (Wildman–Crippen MR) is 77.6 cm³/mol. The van der Waals surface area contributed by atoms with Crippen LogP contribution in [-0.4, -0.2) is 41.5 Å². The highest BCUT2D eigenvalue weighted by Gasteiger charge is 2.31. The van der Waals surface area contributed by atoms with Crippen molar-refractivity contribution in [2.45, 2.75) is 39.2 Å². The number of carbonyl (C=O) groups is 1. The Kier molecular flexibility index (Phi) is 4.95. The molecule has 0 aliphatic heterocycles. The Labute approximate surface area is 120 Å². The third kappa shape index (κ3) is 3.70. The molecule has 1 heterocycles. The minimum absolute atomic E-state index is 0.0503. The minimum atomic E-state index is 0.0503. The Morgan fingerprint density at radius 2 is 2.25 bits per heavy atom. The highest BCUT2D eigenvalue weighted by atomic mass is 16.5. The second kappa shape index (κ2) is 6.70. The maximum absolute atomic E-state index is 12.1. The molecule has 2 N–H and O–H groups in total. The number of carbonyl (C=O) groups excluding carboxylic acids is 1. The number of likely N-dealkylation sites (N-methyl/N-ethyl adjacent to an activating group) is 1. The van der Waals surface area contributed by atoms with Gasteiger partial charge in [0, 0.05) is 24.7 Å². The number of pyridine rings is 1. The number of aryl methyl sites for hydroxylation is 1. The van der Waals surface area contributed by atoms with E-state index in [0.717, 1.165) is 30.8 Å². The molecule has 0 bridgehead atoms. The Morgan fingerprint density at radius 1 is 1.50 bits per heavy atom. The molecule has 2 rings (SSSR count). The van der Waals surface area contributed by atoms with Crippen LogP contribution in [0.2, 0.25) is 0 Å². The Morgan fingerprint density at radius 3 is 2.85 bits per heavy atom. The van der Waals surface area contributed by atoms with Crippen LogP contribution in [0.4, 0.5) is 0 Å². The second-order valence-corrected chi connectivity index (χ2v) is 5.14. The van der Waals surface area contributed by atoms with Crippen LogP contribution >= 0.6 is 0 Å². The summed E-state index contributed by atoms with van der Waals surface area (Å²) in [6.07, 6.45) is 2.89. The number of rotatable bonds is 7. The van der Waals surface area contributed by atoms with Gasteiger partial charge < -0.3 is 15.4 Å². The second-order valence-electron chi connectivity index (χ2n) is 5.14. The van der Waals surface area contributed by atoms with Crippen LogP contribution in [0.25, 0.3) is 0 Å². The molecular formula is C15H23N3O2. The third-order valence-corrected chi connectivity index (χ3v) is 3.45. The molecule has 0 aromatic carbocycles. The van der Waals surface area contributed by atoms with Crippen molar-refractivity contribution in [3.8, 4) is 5.75 Å². The van der Waals surface area contributed by atoms with Crippen molar-refractivity contribution < 1.29 is 9.53 Å². The fourth-order valence-electron chi connectivity index (χ4n) is 2.29. The molecule has 0 radical (unpaired) electrons. The molecule has 5 heteroatoms. The lowest BCUT2D eigenvalue weighted by Gasteiger charge is -2.20. The summed E-state index contributed by atoms with van der Waals surface area (Å²) in [7, 11) is 0. The van der Waals surface area contributed by atoms with Gasteiger partial charge in [0.05, 0.1) is 5.69 Å². The Hall–Kier alpha value is -1.62. The molecule has 1 saturated carbocycles. The van der Waals surface area contributed by atoms with E-state index in [2.05, 4.69) is 4.98 Å². The molecule has 20 heavy (non-hydrogen) atoms. The summed E-state index contributed by atoms with van der Waals surface area (Å²) < 4.78 is 5.66. The van der Waals surface area contributed by atoms with E-state index < -0.39 is 0 Å². The van der Waals surface area contributed by atoms with Crippen LogP contribution in [0, 0.1) is 6.92 Å². The first-order chi connectivity index (χ1) is 9.65. The van der Waals surface area contributed by atoms with E-state index in [4.69, 9.17) is 10.5 Å². The van der Waals surface area contributed by atoms with Gasteiger partial charge in [0.1, 0.15) is 5.75 Å². The monoisotopic (exact) mass is 277 g/mol. The lowest BCUT2D eigenvalue weighted by molar-refractivity contribution is -0.133. The van der Waals surface area contributed by atoms with Gasteiger partial charge in [-0.2, -0.15) is 0 Å². The topological polar surface area (TPSA) is 68.5 Å². The SMILES string of the molecule is CCN(C(=O)COc1ccc(C)nc1CCN)C1CC1. The molecule has 0 saturated heterocycles. The molecule has 5 nitrogen and oxygen atoms in total. The molecular weight excluding hydrogens is 254 g/mol. The van der Waals surface area contributed by atoms with E-state index in [0.29, 0.717) is 24.8 Å². The van der Waals surface area contributed by atoms with Crippen molar-refractivity contribution in [1.82, 2.24) is 9.88 Å². The number of ether oxygens (including phenoxy) is 1. The van der Waals surface area contributed by atoms with Crippen LogP contribution in [0.15, 0.2) is 12.1 Å². The Bertz CT molecular complexity index is 472. The highest BCUT2D eigenvalue weighted by molar-refractivity contribution is 5.78. The first-order valence-corrected chi connectivity index (χ1v) is 7.24. The van der Waals surface area contributed by atoms with Gasteiger partial charge in [-0.3, -0.25) is 9.78 Å². The van der Waals surface area contributed by atoms with E-state index >= 15 is 0 Å². The van der Waals surface area contributed by atoms with Gasteiger partial charge in [0.2, 0.25) is 0 Å². The average Bonchev–Trinajstić information content (AvgIpc) is 3.24. The van der Waals surface area contributed by atoms with Crippen molar-refractivity contribution in [3.05, 3.63) is 23.5 Å². The zero-order valence-electron chi connectivity index (χ0n) is 12.3. The molecule has 0 spiro atoms. The number of amides is 1. The molecule has 0 unspecified atom stereocenters. The zero-order valence-corrected chi connectivity index (χ0v) is 12.3. The number of nitrogens with zero attached hydrogens (tertiary/aromatic N) is 2. The number of nitrogens with two attached hydrogens (primary N) is 1. The van der Waals surface area contributed by atoms with Gasteiger partial charge in [-0.1, -0.05) is 0 Å². The van der Waals surface area contributed by atoms with Crippen LogP contribution in [0.5, 0.6) is 5.75 Å². The van der Waals surface area contributed by atoms with Crippen molar-refractivity contribution in [2.24, 2.45) is 5.73 Å². The lowest BCUT2D eigenvalue weighted by Crippen LogP contribution is -2.36. The van der Waals surface area contributed by atoms with E-state index in [1.165, 1.54) is 0 Å². The van der Waals surface area contributed by atoms with Gasteiger partial charge >= 0.3 is 0 Å².